The van der Waals surface area contributed by atoms with Crippen molar-refractivity contribution in [2.24, 2.45) is 0 Å². The van der Waals surface area contributed by atoms with Crippen LogP contribution in [0.25, 0.3) is 0 Å². The Kier molecular flexibility index (Phi) is 26.2. The van der Waals surface area contributed by atoms with Gasteiger partial charge in [-0.2, -0.15) is 0 Å². The molecule has 5 heteroatoms. The molecule has 0 saturated carbocycles. The molecular weight excluding hydrogens is 420 g/mol. The number of nitrogens with zero attached hydrogens (tertiary/aromatic N) is 2. The van der Waals surface area contributed by atoms with Gasteiger partial charge >= 0.3 is 6.03 Å². The van der Waals surface area contributed by atoms with Crippen LogP contribution in [0.4, 0.5) is 4.79 Å². The van der Waals surface area contributed by atoms with Gasteiger partial charge in [0.2, 0.25) is 0 Å². The number of hydrogen-bond acceptors (Lipinski definition) is 3. The van der Waals surface area contributed by atoms with E-state index >= 15 is 0 Å². The molecule has 34 heavy (non-hydrogen) atoms. The standard InChI is InChI=1S/C29H62N4O/c1-5-9-13-17-21-25-32(26-22-18-14-10-6-2)30-29(34)31-33(27-23-19-15-11-7-3)28-24-20-16-12-8-4/h5-28H2,1-4H3,(H2,30,31,34). The van der Waals surface area contributed by atoms with Crippen LogP contribution in [0.5, 0.6) is 0 Å². The van der Waals surface area contributed by atoms with Gasteiger partial charge in [-0.25, -0.2) is 14.8 Å². The van der Waals surface area contributed by atoms with Crippen LogP contribution in [0, 0.1) is 0 Å². The van der Waals surface area contributed by atoms with E-state index in [1.807, 2.05) is 0 Å². The topological polar surface area (TPSA) is 47.6 Å². The lowest BCUT2D eigenvalue weighted by Crippen LogP contribution is -2.53. The number of amides is 2. The Morgan fingerprint density at radius 3 is 0.882 bits per heavy atom. The predicted octanol–water partition coefficient (Wildman–Crippen LogP) is 8.60. The largest absolute Gasteiger partial charge is 0.343 e. The molecule has 0 aromatic carbocycles. The first-order valence-electron chi connectivity index (χ1n) is 15.2. The maximum absolute atomic E-state index is 12.9. The van der Waals surface area contributed by atoms with Crippen LogP contribution < -0.4 is 10.9 Å². The summed E-state index contributed by atoms with van der Waals surface area (Å²) in [5.41, 5.74) is 6.38. The number of hydrogen-bond donors (Lipinski definition) is 2. The second-order valence-corrected chi connectivity index (χ2v) is 10.2. The molecule has 0 fully saturated rings. The first-order chi connectivity index (χ1) is 16.7. The molecular formula is C29H62N4O. The highest BCUT2D eigenvalue weighted by Gasteiger charge is 2.13. The van der Waals surface area contributed by atoms with Crippen LogP contribution in [0.1, 0.15) is 156 Å². The molecule has 0 rings (SSSR count). The van der Waals surface area contributed by atoms with Gasteiger partial charge < -0.3 is 0 Å². The van der Waals surface area contributed by atoms with E-state index < -0.39 is 0 Å². The van der Waals surface area contributed by atoms with Crippen LogP contribution in [-0.2, 0) is 0 Å². The van der Waals surface area contributed by atoms with E-state index in [1.54, 1.807) is 0 Å². The molecule has 0 aromatic rings. The predicted molar refractivity (Wildman–Crippen MR) is 150 cm³/mol. The molecule has 0 unspecified atom stereocenters. The van der Waals surface area contributed by atoms with Gasteiger partial charge in [0.15, 0.2) is 0 Å². The molecule has 0 radical (unpaired) electrons. The van der Waals surface area contributed by atoms with Crippen LogP contribution in [0.15, 0.2) is 0 Å². The molecule has 0 aliphatic rings. The lowest BCUT2D eigenvalue weighted by Gasteiger charge is -2.27. The van der Waals surface area contributed by atoms with Crippen molar-refractivity contribution in [3.05, 3.63) is 0 Å². The van der Waals surface area contributed by atoms with Gasteiger partial charge in [0, 0.05) is 26.2 Å². The van der Waals surface area contributed by atoms with Crippen molar-refractivity contribution in [2.75, 3.05) is 26.2 Å². The minimum absolute atomic E-state index is 0.0516. The zero-order valence-corrected chi connectivity index (χ0v) is 23.8. The SMILES string of the molecule is CCCCCCCN(CCCCCCC)NC(=O)NN(CCCCCCC)CCCCCCC. The second-order valence-electron chi connectivity index (χ2n) is 10.2. The first kappa shape index (κ1) is 33.2. The Labute approximate surface area is 214 Å². The van der Waals surface area contributed by atoms with Crippen molar-refractivity contribution in [1.82, 2.24) is 20.9 Å². The van der Waals surface area contributed by atoms with Gasteiger partial charge in [-0.3, -0.25) is 10.9 Å². The number of urea groups is 1. The van der Waals surface area contributed by atoms with E-state index in [0.717, 1.165) is 51.9 Å². The average Bonchev–Trinajstić information content (AvgIpc) is 2.83. The van der Waals surface area contributed by atoms with Crippen molar-refractivity contribution in [2.45, 2.75) is 156 Å². The zero-order valence-electron chi connectivity index (χ0n) is 23.8. The molecule has 0 atom stereocenters. The summed E-state index contributed by atoms with van der Waals surface area (Å²) in [4.78, 5) is 12.9. The molecule has 0 heterocycles. The van der Waals surface area contributed by atoms with Gasteiger partial charge in [0.1, 0.15) is 0 Å². The van der Waals surface area contributed by atoms with E-state index in [2.05, 4.69) is 48.6 Å². The van der Waals surface area contributed by atoms with Crippen molar-refractivity contribution in [1.29, 1.82) is 0 Å². The van der Waals surface area contributed by atoms with Crippen molar-refractivity contribution < 1.29 is 4.79 Å². The molecule has 0 aliphatic carbocycles. The molecule has 2 amide bonds. The van der Waals surface area contributed by atoms with Crippen molar-refractivity contribution >= 4 is 6.03 Å². The van der Waals surface area contributed by atoms with Gasteiger partial charge in [0.05, 0.1) is 0 Å². The summed E-state index contributed by atoms with van der Waals surface area (Å²) in [6.07, 6.45) is 25.2. The normalized spacial score (nSPS) is 11.5. The molecule has 0 bridgehead atoms. The number of nitrogens with one attached hydrogen (secondary N) is 2. The third-order valence-electron chi connectivity index (χ3n) is 6.65. The zero-order chi connectivity index (χ0) is 25.1. The Morgan fingerprint density at radius 1 is 0.412 bits per heavy atom. The number of rotatable bonds is 26. The van der Waals surface area contributed by atoms with Crippen LogP contribution in [0.3, 0.4) is 0 Å². The molecule has 204 valence electrons. The monoisotopic (exact) mass is 482 g/mol. The van der Waals surface area contributed by atoms with Crippen molar-refractivity contribution in [3.8, 4) is 0 Å². The average molecular weight is 483 g/mol. The highest BCUT2D eigenvalue weighted by atomic mass is 16.2. The Morgan fingerprint density at radius 2 is 0.647 bits per heavy atom. The third-order valence-corrected chi connectivity index (χ3v) is 6.65. The minimum atomic E-state index is -0.0516. The highest BCUT2D eigenvalue weighted by Crippen LogP contribution is 2.08. The fraction of sp³-hybridized carbons (Fsp3) is 0.966. The van der Waals surface area contributed by atoms with Crippen LogP contribution in [0.2, 0.25) is 0 Å². The third kappa shape index (κ3) is 23.0. The van der Waals surface area contributed by atoms with Crippen LogP contribution >= 0.6 is 0 Å². The van der Waals surface area contributed by atoms with E-state index in [9.17, 15) is 4.79 Å². The summed E-state index contributed by atoms with van der Waals surface area (Å²) in [6, 6.07) is -0.0516. The molecule has 2 N–H and O–H groups in total. The lowest BCUT2D eigenvalue weighted by molar-refractivity contribution is 0.135. The number of unbranched alkanes of at least 4 members (excludes halogenated alkanes) is 16. The van der Waals surface area contributed by atoms with Crippen LogP contribution in [-0.4, -0.2) is 42.2 Å². The van der Waals surface area contributed by atoms with E-state index in [0.29, 0.717) is 0 Å². The quantitative estimate of drug-likeness (QED) is 0.0958. The maximum Gasteiger partial charge on any atom is 0.343 e. The molecule has 0 spiro atoms. The summed E-state index contributed by atoms with van der Waals surface area (Å²) in [6.45, 7) is 12.9. The summed E-state index contributed by atoms with van der Waals surface area (Å²) in [7, 11) is 0. The van der Waals surface area contributed by atoms with E-state index in [1.165, 1.54) is 103 Å². The molecule has 0 saturated heterocycles. The minimum Gasteiger partial charge on any atom is -0.270 e. The van der Waals surface area contributed by atoms with Gasteiger partial charge in [-0.15, -0.1) is 0 Å². The fourth-order valence-corrected chi connectivity index (χ4v) is 4.38. The Bertz CT molecular complexity index is 355. The van der Waals surface area contributed by atoms with E-state index in [4.69, 9.17) is 0 Å². The lowest BCUT2D eigenvalue weighted by atomic mass is 10.1. The highest BCUT2D eigenvalue weighted by molar-refractivity contribution is 5.72. The molecule has 5 nitrogen and oxygen atoms in total. The Hall–Kier alpha value is -0.810. The summed E-state index contributed by atoms with van der Waals surface area (Å²) < 4.78 is 0. The smallest absolute Gasteiger partial charge is 0.270 e. The molecule has 0 aromatic heterocycles. The van der Waals surface area contributed by atoms with E-state index in [-0.39, 0.29) is 6.03 Å². The van der Waals surface area contributed by atoms with Gasteiger partial charge in [0.25, 0.3) is 0 Å². The summed E-state index contributed by atoms with van der Waals surface area (Å²) in [5.74, 6) is 0. The number of carbonyl (C=O) groups excluding carboxylic acids is 1. The maximum atomic E-state index is 12.9. The number of carbonyl (C=O) groups is 1. The summed E-state index contributed by atoms with van der Waals surface area (Å²) >= 11 is 0. The summed E-state index contributed by atoms with van der Waals surface area (Å²) in [5, 5.41) is 4.35. The first-order valence-corrected chi connectivity index (χ1v) is 15.2. The molecule has 0 aliphatic heterocycles. The van der Waals surface area contributed by atoms with Gasteiger partial charge in [-0.05, 0) is 25.7 Å². The Balaban J connectivity index is 4.58. The van der Waals surface area contributed by atoms with Crippen molar-refractivity contribution in [3.63, 3.8) is 0 Å². The fourth-order valence-electron chi connectivity index (χ4n) is 4.38. The number of hydrazine groups is 2. The second kappa shape index (κ2) is 26.8. The van der Waals surface area contributed by atoms with Gasteiger partial charge in [-0.1, -0.05) is 130 Å².